The average Bonchev–Trinajstić information content (AvgIpc) is 2.45. The van der Waals surface area contributed by atoms with Crippen LogP contribution in [0.5, 0.6) is 5.88 Å². The molecular formula is C15H20N4O. The Kier molecular flexibility index (Phi) is 5.01. The van der Waals surface area contributed by atoms with E-state index < -0.39 is 0 Å². The average molecular weight is 272 g/mol. The van der Waals surface area contributed by atoms with Crippen LogP contribution in [0.4, 0.5) is 0 Å². The third-order valence-electron chi connectivity index (χ3n) is 2.88. The lowest BCUT2D eigenvalue weighted by Gasteiger charge is -2.07. The lowest BCUT2D eigenvalue weighted by molar-refractivity contribution is 0.397. The molecule has 0 saturated carbocycles. The van der Waals surface area contributed by atoms with Crippen LogP contribution in [0.15, 0.2) is 24.4 Å². The molecule has 106 valence electrons. The Morgan fingerprint density at radius 2 is 2.10 bits per heavy atom. The van der Waals surface area contributed by atoms with Crippen molar-refractivity contribution in [1.29, 1.82) is 0 Å². The fraction of sp³-hybridized carbons (Fsp3) is 0.400. The van der Waals surface area contributed by atoms with Crippen molar-refractivity contribution in [2.45, 2.75) is 26.8 Å². The zero-order valence-corrected chi connectivity index (χ0v) is 12.2. The Morgan fingerprint density at radius 3 is 2.75 bits per heavy atom. The lowest BCUT2D eigenvalue weighted by Crippen LogP contribution is -2.14. The summed E-state index contributed by atoms with van der Waals surface area (Å²) in [5.74, 6) is 1.44. The number of nitrogens with zero attached hydrogens (tertiary/aromatic N) is 3. The zero-order valence-electron chi connectivity index (χ0n) is 12.2. The molecule has 0 aliphatic heterocycles. The molecule has 0 atom stereocenters. The van der Waals surface area contributed by atoms with E-state index in [1.54, 1.807) is 13.3 Å². The van der Waals surface area contributed by atoms with Gasteiger partial charge in [-0.1, -0.05) is 13.0 Å². The molecule has 0 amide bonds. The van der Waals surface area contributed by atoms with Gasteiger partial charge in [-0.05, 0) is 25.1 Å². The minimum absolute atomic E-state index is 0.617. The van der Waals surface area contributed by atoms with E-state index in [1.807, 2.05) is 25.1 Å². The highest BCUT2D eigenvalue weighted by Crippen LogP contribution is 2.10. The quantitative estimate of drug-likeness (QED) is 0.870. The van der Waals surface area contributed by atoms with Crippen molar-refractivity contribution in [2.24, 2.45) is 0 Å². The molecule has 20 heavy (non-hydrogen) atoms. The fourth-order valence-electron chi connectivity index (χ4n) is 1.94. The number of rotatable bonds is 6. The molecule has 2 aromatic rings. The highest BCUT2D eigenvalue weighted by molar-refractivity contribution is 5.22. The Morgan fingerprint density at radius 1 is 1.25 bits per heavy atom. The third-order valence-corrected chi connectivity index (χ3v) is 2.88. The van der Waals surface area contributed by atoms with Crippen molar-refractivity contribution in [3.05, 3.63) is 47.2 Å². The summed E-state index contributed by atoms with van der Waals surface area (Å²) in [6, 6.07) is 5.85. The summed E-state index contributed by atoms with van der Waals surface area (Å²) < 4.78 is 5.05. The van der Waals surface area contributed by atoms with Crippen molar-refractivity contribution < 1.29 is 4.74 Å². The predicted molar refractivity (Wildman–Crippen MR) is 77.7 cm³/mol. The highest BCUT2D eigenvalue weighted by atomic mass is 16.5. The fourth-order valence-corrected chi connectivity index (χ4v) is 1.94. The van der Waals surface area contributed by atoms with Gasteiger partial charge in [0.1, 0.15) is 5.82 Å². The van der Waals surface area contributed by atoms with Gasteiger partial charge in [0.05, 0.1) is 12.8 Å². The van der Waals surface area contributed by atoms with Crippen LogP contribution in [0.3, 0.4) is 0 Å². The van der Waals surface area contributed by atoms with Gasteiger partial charge in [0.15, 0.2) is 0 Å². The molecular weight excluding hydrogens is 252 g/mol. The summed E-state index contributed by atoms with van der Waals surface area (Å²) in [5, 5.41) is 3.28. The number of pyridine rings is 1. The van der Waals surface area contributed by atoms with Crippen molar-refractivity contribution in [3.63, 3.8) is 0 Å². The van der Waals surface area contributed by atoms with Gasteiger partial charge in [0.2, 0.25) is 5.88 Å². The first-order chi connectivity index (χ1) is 9.71. The summed E-state index contributed by atoms with van der Waals surface area (Å²) in [4.78, 5) is 13.3. The Bertz CT molecular complexity index is 554. The first-order valence-corrected chi connectivity index (χ1v) is 6.74. The Labute approximate surface area is 119 Å². The van der Waals surface area contributed by atoms with E-state index in [-0.39, 0.29) is 0 Å². The molecule has 0 bridgehead atoms. The summed E-state index contributed by atoms with van der Waals surface area (Å²) >= 11 is 0. The minimum Gasteiger partial charge on any atom is -0.481 e. The van der Waals surface area contributed by atoms with Gasteiger partial charge in [-0.3, -0.25) is 0 Å². The highest BCUT2D eigenvalue weighted by Gasteiger charge is 2.04. The number of aryl methyl sites for hydroxylation is 1. The number of aromatic nitrogens is 3. The van der Waals surface area contributed by atoms with Crippen LogP contribution in [0.25, 0.3) is 0 Å². The van der Waals surface area contributed by atoms with Crippen molar-refractivity contribution in [2.75, 3.05) is 13.7 Å². The maximum Gasteiger partial charge on any atom is 0.212 e. The van der Waals surface area contributed by atoms with E-state index in [1.165, 1.54) is 0 Å². The molecule has 5 heteroatoms. The van der Waals surface area contributed by atoms with Crippen LogP contribution < -0.4 is 10.1 Å². The van der Waals surface area contributed by atoms with Gasteiger partial charge in [0.25, 0.3) is 0 Å². The second-order valence-corrected chi connectivity index (χ2v) is 4.58. The molecule has 0 saturated heterocycles. The second-order valence-electron chi connectivity index (χ2n) is 4.58. The van der Waals surface area contributed by atoms with Gasteiger partial charge < -0.3 is 10.1 Å². The van der Waals surface area contributed by atoms with E-state index in [4.69, 9.17) is 4.74 Å². The molecule has 0 radical (unpaired) electrons. The van der Waals surface area contributed by atoms with Crippen LogP contribution in [0, 0.1) is 6.92 Å². The molecule has 2 rings (SSSR count). The second kappa shape index (κ2) is 6.96. The predicted octanol–water partition coefficient (Wildman–Crippen LogP) is 1.89. The topological polar surface area (TPSA) is 59.9 Å². The Balaban J connectivity index is 2.12. The molecule has 0 fully saturated rings. The van der Waals surface area contributed by atoms with Gasteiger partial charge in [-0.2, -0.15) is 0 Å². The number of methoxy groups -OCH3 is 1. The normalized spacial score (nSPS) is 10.6. The standard InChI is InChI=1S/C15H20N4O/c1-4-16-10-13-7-11(2)18-14(19-13)8-12-5-6-15(20-3)17-9-12/h5-7,9,16H,4,8,10H2,1-3H3. The van der Waals surface area contributed by atoms with E-state index in [0.717, 1.165) is 35.9 Å². The SMILES string of the molecule is CCNCc1cc(C)nc(Cc2ccc(OC)nc2)n1. The maximum absolute atomic E-state index is 5.05. The molecule has 0 aliphatic carbocycles. The van der Waals surface area contributed by atoms with Crippen molar-refractivity contribution in [1.82, 2.24) is 20.3 Å². The van der Waals surface area contributed by atoms with Crippen LogP contribution in [0.1, 0.15) is 29.7 Å². The smallest absolute Gasteiger partial charge is 0.212 e. The number of ether oxygens (including phenoxy) is 1. The van der Waals surface area contributed by atoms with Crippen LogP contribution in [-0.2, 0) is 13.0 Å². The van der Waals surface area contributed by atoms with E-state index in [0.29, 0.717) is 12.3 Å². The van der Waals surface area contributed by atoms with Gasteiger partial charge in [0, 0.05) is 30.9 Å². The molecule has 2 aromatic heterocycles. The molecule has 2 heterocycles. The number of hydrogen-bond acceptors (Lipinski definition) is 5. The molecule has 5 nitrogen and oxygen atoms in total. The number of nitrogens with one attached hydrogen (secondary N) is 1. The summed E-state index contributed by atoms with van der Waals surface area (Å²) in [6.45, 7) is 5.78. The van der Waals surface area contributed by atoms with Crippen LogP contribution in [-0.4, -0.2) is 28.6 Å². The summed E-state index contributed by atoms with van der Waals surface area (Å²) in [6.07, 6.45) is 2.48. The van der Waals surface area contributed by atoms with Crippen LogP contribution >= 0.6 is 0 Å². The van der Waals surface area contributed by atoms with Crippen LogP contribution in [0.2, 0.25) is 0 Å². The first-order valence-electron chi connectivity index (χ1n) is 6.74. The summed E-state index contributed by atoms with van der Waals surface area (Å²) in [7, 11) is 1.61. The molecule has 0 spiro atoms. The monoisotopic (exact) mass is 272 g/mol. The zero-order chi connectivity index (χ0) is 14.4. The van der Waals surface area contributed by atoms with E-state index in [2.05, 4.69) is 27.2 Å². The van der Waals surface area contributed by atoms with Crippen molar-refractivity contribution in [3.8, 4) is 5.88 Å². The molecule has 1 N–H and O–H groups in total. The van der Waals surface area contributed by atoms with Gasteiger partial charge in [-0.25, -0.2) is 15.0 Å². The Hall–Kier alpha value is -2.01. The molecule has 0 unspecified atom stereocenters. The first kappa shape index (κ1) is 14.4. The minimum atomic E-state index is 0.617. The number of hydrogen-bond donors (Lipinski definition) is 1. The van der Waals surface area contributed by atoms with Gasteiger partial charge in [-0.15, -0.1) is 0 Å². The van der Waals surface area contributed by atoms with E-state index >= 15 is 0 Å². The van der Waals surface area contributed by atoms with E-state index in [9.17, 15) is 0 Å². The molecule has 0 aromatic carbocycles. The third kappa shape index (κ3) is 3.99. The molecule has 0 aliphatic rings. The lowest BCUT2D eigenvalue weighted by atomic mass is 10.2. The maximum atomic E-state index is 5.05. The largest absolute Gasteiger partial charge is 0.481 e. The van der Waals surface area contributed by atoms with Crippen molar-refractivity contribution >= 4 is 0 Å². The summed E-state index contributed by atoms with van der Waals surface area (Å²) in [5.41, 5.74) is 3.09. The van der Waals surface area contributed by atoms with Gasteiger partial charge >= 0.3 is 0 Å².